The van der Waals surface area contributed by atoms with Crippen molar-refractivity contribution >= 4 is 11.9 Å². The zero-order valence-electron chi connectivity index (χ0n) is 28.5. The summed E-state index contributed by atoms with van der Waals surface area (Å²) < 4.78 is 63.5. The lowest BCUT2D eigenvalue weighted by Crippen LogP contribution is -2.68. The SMILES string of the molecule is COc1c(C)cc2c(c1O)[C@@H]1C3Cc4c(OC(=O)C(F)(F)F)c(C)c5c(c4[C@H](CNC(=O)CCc4ccccc4)N3[C@](C#N)(C2)CN1C)OCO5. The molecule has 5 aliphatic rings. The van der Waals surface area contributed by atoms with E-state index in [1.54, 1.807) is 6.92 Å². The van der Waals surface area contributed by atoms with E-state index in [4.69, 9.17) is 18.9 Å². The van der Waals surface area contributed by atoms with Gasteiger partial charge in [0.05, 0.1) is 25.3 Å². The van der Waals surface area contributed by atoms with Crippen molar-refractivity contribution in [2.24, 2.45) is 0 Å². The first kappa shape index (κ1) is 34.4. The zero-order chi connectivity index (χ0) is 36.4. The van der Waals surface area contributed by atoms with Gasteiger partial charge in [0.2, 0.25) is 12.7 Å². The van der Waals surface area contributed by atoms with Crippen LogP contribution in [-0.4, -0.2) is 78.6 Å². The highest BCUT2D eigenvalue weighted by Gasteiger charge is 2.60. The van der Waals surface area contributed by atoms with Gasteiger partial charge in [0.15, 0.2) is 23.0 Å². The van der Waals surface area contributed by atoms with Crippen LogP contribution in [0.1, 0.15) is 57.4 Å². The number of alkyl halides is 3. The number of benzene rings is 3. The predicted molar refractivity (Wildman–Crippen MR) is 176 cm³/mol. The Morgan fingerprint density at radius 2 is 1.86 bits per heavy atom. The lowest BCUT2D eigenvalue weighted by Gasteiger charge is -2.58. The van der Waals surface area contributed by atoms with Crippen molar-refractivity contribution in [3.63, 3.8) is 0 Å². The fraction of sp³-hybridized carbons (Fsp3) is 0.432. The number of aryl methyl sites for hydroxylation is 2. The van der Waals surface area contributed by atoms with E-state index >= 15 is 0 Å². The molecule has 1 amide bonds. The first-order valence-electron chi connectivity index (χ1n) is 16.6. The number of phenolic OH excluding ortho intramolecular Hbond substituents is 1. The molecule has 2 bridgehead atoms. The first-order chi connectivity index (χ1) is 24.3. The lowest BCUT2D eigenvalue weighted by atomic mass is 9.76. The Morgan fingerprint density at radius 1 is 1.14 bits per heavy atom. The molecule has 1 fully saturated rings. The van der Waals surface area contributed by atoms with Crippen LogP contribution in [-0.2, 0) is 28.9 Å². The molecule has 14 heteroatoms. The topological polar surface area (TPSA) is 134 Å². The summed E-state index contributed by atoms with van der Waals surface area (Å²) in [6, 6.07) is 11.9. The number of phenols is 1. The van der Waals surface area contributed by atoms with Gasteiger partial charge in [-0.25, -0.2) is 4.79 Å². The Kier molecular flexibility index (Phi) is 8.54. The number of rotatable bonds is 7. The second-order valence-corrected chi connectivity index (χ2v) is 13.6. The quantitative estimate of drug-likeness (QED) is 0.262. The van der Waals surface area contributed by atoms with Gasteiger partial charge in [-0.15, -0.1) is 0 Å². The van der Waals surface area contributed by atoms with Crippen molar-refractivity contribution in [2.75, 3.05) is 34.0 Å². The summed E-state index contributed by atoms with van der Waals surface area (Å²) in [5, 5.41) is 25.9. The first-order valence-corrected chi connectivity index (χ1v) is 16.6. The molecule has 0 aromatic heterocycles. The Labute approximate surface area is 292 Å². The van der Waals surface area contributed by atoms with Crippen molar-refractivity contribution in [1.29, 1.82) is 5.26 Å². The Morgan fingerprint density at radius 3 is 2.55 bits per heavy atom. The Bertz CT molecular complexity index is 1960. The van der Waals surface area contributed by atoms with Crippen molar-refractivity contribution in [1.82, 2.24) is 15.1 Å². The van der Waals surface area contributed by atoms with Crippen LogP contribution in [0.2, 0.25) is 0 Å². The van der Waals surface area contributed by atoms with Crippen molar-refractivity contribution in [3.05, 3.63) is 75.3 Å². The zero-order valence-corrected chi connectivity index (χ0v) is 28.5. The average Bonchev–Trinajstić information content (AvgIpc) is 3.50. The number of esters is 1. The molecular weight excluding hydrogens is 669 g/mol. The second kappa shape index (κ2) is 12.6. The van der Waals surface area contributed by atoms with Crippen molar-refractivity contribution < 1.29 is 46.8 Å². The molecule has 2 N–H and O–H groups in total. The fourth-order valence-electron chi connectivity index (χ4n) is 8.64. The number of carbonyl (C=O) groups is 2. The molecule has 5 aliphatic heterocycles. The van der Waals surface area contributed by atoms with Crippen molar-refractivity contribution in [2.45, 2.75) is 69.4 Å². The minimum atomic E-state index is -5.28. The number of fused-ring (bicyclic) bond motifs is 4. The van der Waals surface area contributed by atoms with E-state index < -0.39 is 35.8 Å². The Balaban J connectivity index is 1.40. The van der Waals surface area contributed by atoms with E-state index in [9.17, 15) is 33.1 Å². The molecule has 0 radical (unpaired) electrons. The van der Waals surface area contributed by atoms with Crippen LogP contribution in [0.15, 0.2) is 36.4 Å². The maximum atomic E-state index is 13.7. The summed E-state index contributed by atoms with van der Waals surface area (Å²) in [4.78, 5) is 29.8. The highest BCUT2D eigenvalue weighted by atomic mass is 19.4. The molecule has 0 aliphatic carbocycles. The van der Waals surface area contributed by atoms with Crippen LogP contribution in [0.25, 0.3) is 0 Å². The number of hydrogen-bond acceptors (Lipinski definition) is 10. The number of nitriles is 1. The smallest absolute Gasteiger partial charge is 0.491 e. The highest BCUT2D eigenvalue weighted by Crippen LogP contribution is 2.59. The number of hydrogen-bond donors (Lipinski definition) is 2. The van der Waals surface area contributed by atoms with Gasteiger partial charge in [-0.3, -0.25) is 14.6 Å². The van der Waals surface area contributed by atoms with Gasteiger partial charge in [0.1, 0.15) is 11.3 Å². The van der Waals surface area contributed by atoms with Gasteiger partial charge in [-0.05, 0) is 50.4 Å². The molecule has 51 heavy (non-hydrogen) atoms. The number of piperazine rings is 1. The number of carbonyl (C=O) groups excluding carboxylic acids is 2. The maximum Gasteiger partial charge on any atom is 0.491 e. The van der Waals surface area contributed by atoms with Gasteiger partial charge < -0.3 is 29.4 Å². The van der Waals surface area contributed by atoms with Crippen LogP contribution >= 0.6 is 0 Å². The molecule has 0 saturated carbocycles. The van der Waals surface area contributed by atoms with E-state index in [1.165, 1.54) is 14.0 Å². The summed E-state index contributed by atoms with van der Waals surface area (Å²) >= 11 is 0. The van der Waals surface area contributed by atoms with E-state index in [2.05, 4.69) is 11.4 Å². The molecule has 3 aromatic carbocycles. The van der Waals surface area contributed by atoms with Crippen molar-refractivity contribution in [3.8, 4) is 34.8 Å². The molecular formula is C37H37F3N4O7. The predicted octanol–water partition coefficient (Wildman–Crippen LogP) is 4.74. The minimum absolute atomic E-state index is 0.0131. The van der Waals surface area contributed by atoms with E-state index in [-0.39, 0.29) is 84.9 Å². The molecule has 4 atom stereocenters. The molecule has 1 unspecified atom stereocenters. The molecule has 268 valence electrons. The van der Waals surface area contributed by atoms with E-state index in [0.29, 0.717) is 23.1 Å². The number of aromatic hydroxyl groups is 1. The third kappa shape index (κ3) is 5.59. The molecule has 3 aromatic rings. The Hall–Kier alpha value is -5.00. The largest absolute Gasteiger partial charge is 0.504 e. The number of nitrogens with zero attached hydrogens (tertiary/aromatic N) is 3. The highest BCUT2D eigenvalue weighted by molar-refractivity contribution is 5.80. The summed E-state index contributed by atoms with van der Waals surface area (Å²) in [6.45, 7) is 3.26. The standard InChI is InChI=1S/C37H37F3N4O7/c1-19-12-22-14-36(16-41)17-43(3)29(27(22)30(46)31(19)48-4)24-13-23-28(25(44(24)36)15-42-26(45)11-10-21-8-6-5-7-9-21)34-33(49-18-50-34)20(2)32(23)51-35(47)37(38,39)40/h5-9,12,24-25,29,46H,10-11,13-15,17-18H2,1-4H3,(H,42,45)/t24?,25-,29-,36-/m0/s1. The molecule has 5 heterocycles. The van der Waals surface area contributed by atoms with Gasteiger partial charge in [0, 0.05) is 54.2 Å². The van der Waals surface area contributed by atoms with Crippen LogP contribution in [0.5, 0.6) is 28.7 Å². The van der Waals surface area contributed by atoms with Crippen LogP contribution in [0.4, 0.5) is 13.2 Å². The molecule has 11 nitrogen and oxygen atoms in total. The van der Waals surface area contributed by atoms with E-state index in [1.807, 2.05) is 53.2 Å². The third-order valence-corrected chi connectivity index (χ3v) is 10.6. The summed E-state index contributed by atoms with van der Waals surface area (Å²) in [5.74, 6) is -2.38. The van der Waals surface area contributed by atoms with Gasteiger partial charge in [0.25, 0.3) is 0 Å². The number of ether oxygens (including phenoxy) is 4. The normalized spacial score (nSPS) is 23.4. The number of methoxy groups -OCH3 is 1. The van der Waals surface area contributed by atoms with Crippen LogP contribution in [0.3, 0.4) is 0 Å². The lowest BCUT2D eigenvalue weighted by molar-refractivity contribution is -0.189. The molecule has 8 rings (SSSR count). The number of likely N-dealkylation sites (N-methyl/N-ethyl adjacent to an activating group) is 1. The minimum Gasteiger partial charge on any atom is -0.504 e. The summed E-state index contributed by atoms with van der Waals surface area (Å²) in [7, 11) is 3.29. The maximum absolute atomic E-state index is 13.7. The monoisotopic (exact) mass is 706 g/mol. The average molecular weight is 707 g/mol. The summed E-state index contributed by atoms with van der Waals surface area (Å²) in [5.41, 5.74) is 2.50. The van der Waals surface area contributed by atoms with Gasteiger partial charge >= 0.3 is 12.1 Å². The number of halogens is 3. The molecule has 0 spiro atoms. The van der Waals surface area contributed by atoms with Crippen LogP contribution < -0.4 is 24.3 Å². The summed E-state index contributed by atoms with van der Waals surface area (Å²) in [6.07, 6.45) is -4.43. The van der Waals surface area contributed by atoms with Gasteiger partial charge in [-0.1, -0.05) is 36.4 Å². The second-order valence-electron chi connectivity index (χ2n) is 13.6. The van der Waals surface area contributed by atoms with Crippen LogP contribution in [0, 0.1) is 25.2 Å². The fourth-order valence-corrected chi connectivity index (χ4v) is 8.64. The van der Waals surface area contributed by atoms with Gasteiger partial charge in [-0.2, -0.15) is 18.4 Å². The number of nitrogens with one attached hydrogen (secondary N) is 1. The third-order valence-electron chi connectivity index (χ3n) is 10.6. The molecule has 1 saturated heterocycles. The number of amides is 1. The van der Waals surface area contributed by atoms with E-state index in [0.717, 1.165) is 11.1 Å².